The lowest BCUT2D eigenvalue weighted by atomic mass is 10.0. The molecule has 1 aromatic heterocycles. The zero-order valence-corrected chi connectivity index (χ0v) is 15.2. The molecule has 6 nitrogen and oxygen atoms in total. The second-order valence-electron chi connectivity index (χ2n) is 6.29. The lowest BCUT2D eigenvalue weighted by Gasteiger charge is -2.15. The second-order valence-corrected chi connectivity index (χ2v) is 6.73. The van der Waals surface area contributed by atoms with Crippen molar-refractivity contribution >= 4 is 23.5 Å². The molecule has 0 spiro atoms. The lowest BCUT2D eigenvalue weighted by molar-refractivity contribution is -0.137. The summed E-state index contributed by atoms with van der Waals surface area (Å²) in [4.78, 5) is 23.2. The number of amides is 1. The number of carboxylic acid groups (broad SMARTS) is 1. The van der Waals surface area contributed by atoms with Crippen molar-refractivity contribution in [2.45, 2.75) is 45.6 Å². The van der Waals surface area contributed by atoms with Crippen molar-refractivity contribution in [3.8, 4) is 5.69 Å². The van der Waals surface area contributed by atoms with E-state index in [1.807, 2.05) is 26.0 Å². The Bertz CT molecular complexity index is 753. The maximum atomic E-state index is 12.6. The molecule has 2 N–H and O–H groups in total. The highest BCUT2D eigenvalue weighted by Gasteiger charge is 2.22. The van der Waals surface area contributed by atoms with Crippen LogP contribution in [-0.4, -0.2) is 32.8 Å². The van der Waals surface area contributed by atoms with Crippen molar-refractivity contribution in [3.63, 3.8) is 0 Å². The highest BCUT2D eigenvalue weighted by atomic mass is 35.5. The van der Waals surface area contributed by atoms with Crippen LogP contribution in [0.5, 0.6) is 0 Å². The van der Waals surface area contributed by atoms with Gasteiger partial charge in [0.1, 0.15) is 0 Å². The van der Waals surface area contributed by atoms with Crippen LogP contribution in [0.3, 0.4) is 0 Å². The molecule has 0 radical (unpaired) electrons. The molecule has 1 heterocycles. The summed E-state index contributed by atoms with van der Waals surface area (Å²) in [6.07, 6.45) is 1.94. The second kappa shape index (κ2) is 8.16. The first kappa shape index (κ1) is 19.0. The summed E-state index contributed by atoms with van der Waals surface area (Å²) in [5.74, 6) is -1.05. The van der Waals surface area contributed by atoms with Gasteiger partial charge in [-0.05, 0) is 43.5 Å². The van der Waals surface area contributed by atoms with Gasteiger partial charge in [-0.3, -0.25) is 9.59 Å². The van der Waals surface area contributed by atoms with Crippen molar-refractivity contribution < 1.29 is 14.7 Å². The minimum Gasteiger partial charge on any atom is -0.481 e. The molecule has 0 saturated heterocycles. The average molecular weight is 364 g/mol. The Hall–Kier alpha value is -2.34. The van der Waals surface area contributed by atoms with Gasteiger partial charge in [0.25, 0.3) is 5.91 Å². The van der Waals surface area contributed by atoms with E-state index in [2.05, 4.69) is 10.4 Å². The molecule has 0 saturated carbocycles. The first-order chi connectivity index (χ1) is 11.8. The third-order valence-electron chi connectivity index (χ3n) is 3.84. The Kier molecular flexibility index (Phi) is 6.20. The van der Waals surface area contributed by atoms with Gasteiger partial charge < -0.3 is 10.4 Å². The highest BCUT2D eigenvalue weighted by Crippen LogP contribution is 2.24. The van der Waals surface area contributed by atoms with E-state index in [0.717, 1.165) is 11.4 Å². The lowest BCUT2D eigenvalue weighted by Crippen LogP contribution is -2.33. The third kappa shape index (κ3) is 4.82. The summed E-state index contributed by atoms with van der Waals surface area (Å²) in [5, 5.41) is 16.6. The van der Waals surface area contributed by atoms with Crippen LogP contribution in [0.1, 0.15) is 55.6 Å². The standard InChI is InChI=1S/C18H22ClN3O3/c1-11(2)17-15(18(25)21-12(3)4-9-16(23)24)10-20-22(17)14-7-5-13(19)6-8-14/h5-8,10-12H,4,9H2,1-3H3,(H,21,25)(H,23,24). The molecule has 0 aliphatic heterocycles. The predicted octanol–water partition coefficient (Wildman–Crippen LogP) is 3.63. The number of rotatable bonds is 7. The Labute approximate surface area is 151 Å². The smallest absolute Gasteiger partial charge is 0.303 e. The molecule has 0 fully saturated rings. The number of carbonyl (C=O) groups excluding carboxylic acids is 1. The quantitative estimate of drug-likeness (QED) is 0.786. The van der Waals surface area contributed by atoms with E-state index < -0.39 is 5.97 Å². The number of hydrogen-bond acceptors (Lipinski definition) is 3. The van der Waals surface area contributed by atoms with Crippen molar-refractivity contribution in [3.05, 3.63) is 46.7 Å². The molecule has 0 aliphatic rings. The topological polar surface area (TPSA) is 84.2 Å². The van der Waals surface area contributed by atoms with Gasteiger partial charge in [-0.2, -0.15) is 5.10 Å². The number of carboxylic acids is 1. The molecule has 7 heteroatoms. The average Bonchev–Trinajstić information content (AvgIpc) is 2.99. The Morgan fingerprint density at radius 3 is 2.44 bits per heavy atom. The van der Waals surface area contributed by atoms with Gasteiger partial charge in [0.2, 0.25) is 0 Å². The summed E-state index contributed by atoms with van der Waals surface area (Å²) < 4.78 is 1.73. The van der Waals surface area contributed by atoms with E-state index in [9.17, 15) is 9.59 Å². The Balaban J connectivity index is 2.25. The Morgan fingerprint density at radius 1 is 1.24 bits per heavy atom. The first-order valence-electron chi connectivity index (χ1n) is 8.16. The van der Waals surface area contributed by atoms with Gasteiger partial charge >= 0.3 is 5.97 Å². The molecular weight excluding hydrogens is 342 g/mol. The molecule has 0 bridgehead atoms. The molecule has 1 amide bonds. The van der Waals surface area contributed by atoms with Crippen molar-refractivity contribution in [1.82, 2.24) is 15.1 Å². The summed E-state index contributed by atoms with van der Waals surface area (Å²) in [5.41, 5.74) is 2.11. The zero-order chi connectivity index (χ0) is 18.6. The molecule has 2 rings (SSSR count). The summed E-state index contributed by atoms with van der Waals surface area (Å²) >= 11 is 5.93. The van der Waals surface area contributed by atoms with E-state index in [4.69, 9.17) is 16.7 Å². The SMILES string of the molecule is CC(CCC(=O)O)NC(=O)c1cnn(-c2ccc(Cl)cc2)c1C(C)C. The maximum Gasteiger partial charge on any atom is 0.303 e. The fourth-order valence-corrected chi connectivity index (χ4v) is 2.72. The van der Waals surface area contributed by atoms with Gasteiger partial charge in [0.05, 0.1) is 23.1 Å². The molecule has 1 aromatic carbocycles. The summed E-state index contributed by atoms with van der Waals surface area (Å²) in [6, 6.07) is 7.01. The van der Waals surface area contributed by atoms with Crippen LogP contribution < -0.4 is 5.32 Å². The van der Waals surface area contributed by atoms with Gasteiger partial charge in [0, 0.05) is 17.5 Å². The summed E-state index contributed by atoms with van der Waals surface area (Å²) in [7, 11) is 0. The number of nitrogens with zero attached hydrogens (tertiary/aromatic N) is 2. The molecule has 1 unspecified atom stereocenters. The number of aromatic nitrogens is 2. The fourth-order valence-electron chi connectivity index (χ4n) is 2.59. The van der Waals surface area contributed by atoms with Crippen LogP contribution in [0.15, 0.2) is 30.5 Å². The molecule has 2 aromatic rings. The zero-order valence-electron chi connectivity index (χ0n) is 14.5. The molecule has 0 aliphatic carbocycles. The Morgan fingerprint density at radius 2 is 1.88 bits per heavy atom. The van der Waals surface area contributed by atoms with Crippen LogP contribution in [0.2, 0.25) is 5.02 Å². The monoisotopic (exact) mass is 363 g/mol. The molecular formula is C18H22ClN3O3. The van der Waals surface area contributed by atoms with Crippen LogP contribution in [0, 0.1) is 0 Å². The fraction of sp³-hybridized carbons (Fsp3) is 0.389. The largest absolute Gasteiger partial charge is 0.481 e. The van der Waals surface area contributed by atoms with Crippen molar-refractivity contribution in [2.75, 3.05) is 0 Å². The number of nitrogens with one attached hydrogen (secondary N) is 1. The van der Waals surface area contributed by atoms with E-state index >= 15 is 0 Å². The minimum atomic E-state index is -0.875. The molecule has 25 heavy (non-hydrogen) atoms. The van der Waals surface area contributed by atoms with Crippen LogP contribution >= 0.6 is 11.6 Å². The van der Waals surface area contributed by atoms with Gasteiger partial charge in [-0.15, -0.1) is 0 Å². The third-order valence-corrected chi connectivity index (χ3v) is 4.09. The summed E-state index contributed by atoms with van der Waals surface area (Å²) in [6.45, 7) is 5.78. The van der Waals surface area contributed by atoms with Crippen molar-refractivity contribution in [2.24, 2.45) is 0 Å². The number of halogens is 1. The van der Waals surface area contributed by atoms with Gasteiger partial charge in [-0.25, -0.2) is 4.68 Å². The van der Waals surface area contributed by atoms with Crippen LogP contribution in [-0.2, 0) is 4.79 Å². The van der Waals surface area contributed by atoms with Gasteiger partial charge in [-0.1, -0.05) is 25.4 Å². The van der Waals surface area contributed by atoms with E-state index in [1.165, 1.54) is 0 Å². The minimum absolute atomic E-state index is 0.0164. The number of hydrogen-bond donors (Lipinski definition) is 2. The highest BCUT2D eigenvalue weighted by molar-refractivity contribution is 6.30. The number of aliphatic carboxylic acids is 1. The van der Waals surface area contributed by atoms with Gasteiger partial charge in [0.15, 0.2) is 0 Å². The maximum absolute atomic E-state index is 12.6. The number of carbonyl (C=O) groups is 2. The van der Waals surface area contributed by atoms with Crippen LogP contribution in [0.4, 0.5) is 0 Å². The molecule has 1 atom stereocenters. The van der Waals surface area contributed by atoms with E-state index in [-0.39, 0.29) is 24.3 Å². The van der Waals surface area contributed by atoms with E-state index in [1.54, 1.807) is 29.9 Å². The molecule has 134 valence electrons. The van der Waals surface area contributed by atoms with E-state index in [0.29, 0.717) is 17.0 Å². The van der Waals surface area contributed by atoms with Crippen molar-refractivity contribution in [1.29, 1.82) is 0 Å². The number of benzene rings is 1. The normalized spacial score (nSPS) is 12.2. The first-order valence-corrected chi connectivity index (χ1v) is 8.54. The predicted molar refractivity (Wildman–Crippen MR) is 96.5 cm³/mol. The van der Waals surface area contributed by atoms with Crippen LogP contribution in [0.25, 0.3) is 5.69 Å².